The van der Waals surface area contributed by atoms with Crippen LogP contribution < -0.4 is 10.6 Å². The summed E-state index contributed by atoms with van der Waals surface area (Å²) in [6.45, 7) is 8.02. The number of fused-ring (bicyclic) bond motifs is 1. The largest absolute Gasteiger partial charge is 0.367 e. The van der Waals surface area contributed by atoms with Crippen molar-refractivity contribution < 1.29 is 4.79 Å². The van der Waals surface area contributed by atoms with Gasteiger partial charge in [-0.05, 0) is 47.0 Å². The Balaban J connectivity index is 1.78. The maximum Gasteiger partial charge on any atom is 0.254 e. The zero-order valence-corrected chi connectivity index (χ0v) is 14.8. The molecule has 1 aliphatic carbocycles. The van der Waals surface area contributed by atoms with E-state index >= 15 is 0 Å². The molecule has 7 heteroatoms. The number of aromatic nitrogens is 4. The number of carbonyl (C=O) groups excluding carboxylic acids is 1. The number of aryl methyl sites for hydroxylation is 1. The molecule has 0 aliphatic heterocycles. The molecule has 3 rings (SSSR count). The van der Waals surface area contributed by atoms with Gasteiger partial charge in [-0.2, -0.15) is 14.6 Å². The van der Waals surface area contributed by atoms with E-state index in [0.29, 0.717) is 5.78 Å². The number of hydrogen-bond donors (Lipinski definition) is 2. The lowest BCUT2D eigenvalue weighted by atomic mass is 9.85. The molecule has 0 unspecified atom stereocenters. The van der Waals surface area contributed by atoms with E-state index in [4.69, 9.17) is 0 Å². The molecule has 2 atom stereocenters. The molecule has 0 saturated heterocycles. The third-order valence-corrected chi connectivity index (χ3v) is 4.72. The van der Waals surface area contributed by atoms with Gasteiger partial charge in [0.05, 0.1) is 0 Å². The Morgan fingerprint density at radius 2 is 2.12 bits per heavy atom. The normalized spacial score (nSPS) is 21.2. The molecule has 0 radical (unpaired) electrons. The van der Waals surface area contributed by atoms with E-state index in [2.05, 4.69) is 25.7 Å². The Labute approximate surface area is 142 Å². The van der Waals surface area contributed by atoms with Crippen LogP contribution in [-0.4, -0.2) is 37.6 Å². The van der Waals surface area contributed by atoms with Gasteiger partial charge in [0.15, 0.2) is 0 Å². The number of hydrogen-bond acceptors (Lipinski definition) is 5. The van der Waals surface area contributed by atoms with E-state index < -0.39 is 0 Å². The van der Waals surface area contributed by atoms with Gasteiger partial charge >= 0.3 is 0 Å². The molecule has 0 bridgehead atoms. The van der Waals surface area contributed by atoms with Crippen LogP contribution in [0.15, 0.2) is 6.33 Å². The first kappa shape index (κ1) is 16.7. The third-order valence-electron chi connectivity index (χ3n) is 4.72. The van der Waals surface area contributed by atoms with Crippen LogP contribution in [-0.2, 0) is 4.79 Å². The number of nitrogens with one attached hydrogen (secondary N) is 2. The van der Waals surface area contributed by atoms with Crippen LogP contribution in [0, 0.1) is 19.8 Å². The van der Waals surface area contributed by atoms with Gasteiger partial charge < -0.3 is 10.6 Å². The van der Waals surface area contributed by atoms with Gasteiger partial charge in [-0.3, -0.25) is 4.79 Å². The van der Waals surface area contributed by atoms with Crippen LogP contribution in [0.4, 0.5) is 5.82 Å². The van der Waals surface area contributed by atoms with Crippen molar-refractivity contribution in [3.05, 3.63) is 17.6 Å². The molecule has 24 heavy (non-hydrogen) atoms. The minimum absolute atomic E-state index is 0.0770. The van der Waals surface area contributed by atoms with Gasteiger partial charge in [0.1, 0.15) is 12.1 Å². The third kappa shape index (κ3) is 3.34. The smallest absolute Gasteiger partial charge is 0.254 e. The summed E-state index contributed by atoms with van der Waals surface area (Å²) in [5.41, 5.74) is 2.02. The Morgan fingerprint density at radius 1 is 1.33 bits per heavy atom. The fourth-order valence-corrected chi connectivity index (χ4v) is 3.36. The number of nitrogens with zero attached hydrogens (tertiary/aromatic N) is 4. The van der Waals surface area contributed by atoms with Gasteiger partial charge in [-0.15, -0.1) is 0 Å². The maximum atomic E-state index is 12.3. The van der Waals surface area contributed by atoms with Crippen LogP contribution in [0.1, 0.15) is 50.8 Å². The number of rotatable bonds is 4. The Bertz CT molecular complexity index is 738. The van der Waals surface area contributed by atoms with Gasteiger partial charge in [0, 0.05) is 29.3 Å². The second kappa shape index (κ2) is 6.75. The zero-order chi connectivity index (χ0) is 17.3. The maximum absolute atomic E-state index is 12.3. The fraction of sp³-hybridized carbons (Fsp3) is 0.647. The first-order chi connectivity index (χ1) is 11.5. The molecule has 1 aliphatic rings. The molecule has 1 amide bonds. The molecule has 130 valence electrons. The average Bonchev–Trinajstić information content (AvgIpc) is 2.99. The number of amides is 1. The van der Waals surface area contributed by atoms with Crippen LogP contribution in [0.5, 0.6) is 0 Å². The van der Waals surface area contributed by atoms with Crippen molar-refractivity contribution in [3.63, 3.8) is 0 Å². The summed E-state index contributed by atoms with van der Waals surface area (Å²) in [4.78, 5) is 21.0. The molecule has 2 N–H and O–H groups in total. The Morgan fingerprint density at radius 3 is 2.88 bits per heavy atom. The standard InChI is InChI=1S/C17H26N6O/c1-10(2)20-16(24)13-6-5-7-14(8-13)22-15-11(3)12(4)21-17-18-9-19-23(15)17/h9-10,13-14,22H,5-8H2,1-4H3,(H,20,24)/t13-,14+/m1/s1. The highest BCUT2D eigenvalue weighted by molar-refractivity contribution is 5.79. The molecule has 7 nitrogen and oxygen atoms in total. The first-order valence-corrected chi connectivity index (χ1v) is 8.69. The molecule has 2 aromatic heterocycles. The van der Waals surface area contributed by atoms with E-state index in [1.807, 2.05) is 27.7 Å². The topological polar surface area (TPSA) is 84.2 Å². The lowest BCUT2D eigenvalue weighted by Gasteiger charge is -2.30. The lowest BCUT2D eigenvalue weighted by Crippen LogP contribution is -2.40. The number of anilines is 1. The molecule has 0 spiro atoms. The van der Waals surface area contributed by atoms with Crippen molar-refractivity contribution in [1.29, 1.82) is 0 Å². The molecule has 1 fully saturated rings. The Hall–Kier alpha value is -2.18. The average molecular weight is 330 g/mol. The summed E-state index contributed by atoms with van der Waals surface area (Å²) in [6, 6.07) is 0.445. The molecule has 2 heterocycles. The second-order valence-corrected chi connectivity index (χ2v) is 7.01. The quantitative estimate of drug-likeness (QED) is 0.898. The summed E-state index contributed by atoms with van der Waals surface area (Å²) >= 11 is 0. The van der Waals surface area contributed by atoms with Gasteiger partial charge in [0.2, 0.25) is 5.91 Å². The Kier molecular flexibility index (Phi) is 4.69. The van der Waals surface area contributed by atoms with Crippen LogP contribution in [0.25, 0.3) is 5.78 Å². The summed E-state index contributed by atoms with van der Waals surface area (Å²) in [7, 11) is 0. The summed E-state index contributed by atoms with van der Waals surface area (Å²) < 4.78 is 1.75. The molecular weight excluding hydrogens is 304 g/mol. The van der Waals surface area contributed by atoms with E-state index in [0.717, 1.165) is 42.8 Å². The van der Waals surface area contributed by atoms with E-state index in [1.54, 1.807) is 4.52 Å². The minimum Gasteiger partial charge on any atom is -0.367 e. The monoisotopic (exact) mass is 330 g/mol. The first-order valence-electron chi connectivity index (χ1n) is 8.69. The van der Waals surface area contributed by atoms with Crippen LogP contribution >= 0.6 is 0 Å². The van der Waals surface area contributed by atoms with Gasteiger partial charge in [-0.25, -0.2) is 4.98 Å². The molecule has 0 aromatic carbocycles. The van der Waals surface area contributed by atoms with Crippen LogP contribution in [0.2, 0.25) is 0 Å². The highest BCUT2D eigenvalue weighted by atomic mass is 16.1. The van der Waals surface area contributed by atoms with Crippen molar-refractivity contribution in [3.8, 4) is 0 Å². The minimum atomic E-state index is 0.0770. The summed E-state index contributed by atoms with van der Waals surface area (Å²) in [5.74, 6) is 1.79. The highest BCUT2D eigenvalue weighted by Gasteiger charge is 2.28. The van der Waals surface area contributed by atoms with Crippen molar-refractivity contribution in [2.24, 2.45) is 5.92 Å². The second-order valence-electron chi connectivity index (χ2n) is 7.01. The summed E-state index contributed by atoms with van der Waals surface area (Å²) in [6.07, 6.45) is 5.44. The van der Waals surface area contributed by atoms with Crippen LogP contribution in [0.3, 0.4) is 0 Å². The van der Waals surface area contributed by atoms with Crippen molar-refractivity contribution in [2.75, 3.05) is 5.32 Å². The molecule has 2 aromatic rings. The highest BCUT2D eigenvalue weighted by Crippen LogP contribution is 2.28. The van der Waals surface area contributed by atoms with Crippen molar-refractivity contribution in [1.82, 2.24) is 24.9 Å². The fourth-order valence-electron chi connectivity index (χ4n) is 3.36. The van der Waals surface area contributed by atoms with E-state index in [9.17, 15) is 4.79 Å². The van der Waals surface area contributed by atoms with Gasteiger partial charge in [-0.1, -0.05) is 6.42 Å². The van der Waals surface area contributed by atoms with Gasteiger partial charge in [0.25, 0.3) is 5.78 Å². The zero-order valence-electron chi connectivity index (χ0n) is 14.8. The SMILES string of the molecule is Cc1nc2ncnn2c(N[C@H]2CCC[C@@H](C(=O)NC(C)C)C2)c1C. The molecule has 1 saturated carbocycles. The number of carbonyl (C=O) groups is 1. The molecular formula is C17H26N6O. The summed E-state index contributed by atoms with van der Waals surface area (Å²) in [5, 5.41) is 10.9. The van der Waals surface area contributed by atoms with Crippen molar-refractivity contribution in [2.45, 2.75) is 65.5 Å². The lowest BCUT2D eigenvalue weighted by molar-refractivity contribution is -0.126. The van der Waals surface area contributed by atoms with E-state index in [1.165, 1.54) is 6.33 Å². The predicted molar refractivity (Wildman–Crippen MR) is 92.9 cm³/mol. The van der Waals surface area contributed by atoms with Crippen molar-refractivity contribution >= 4 is 17.5 Å². The predicted octanol–water partition coefficient (Wildman–Crippen LogP) is 2.24. The van der Waals surface area contributed by atoms with E-state index in [-0.39, 0.29) is 23.9 Å².